The number of nitrogens with zero attached hydrogens (tertiary/aromatic N) is 4. The third-order valence-corrected chi connectivity index (χ3v) is 6.30. The molecule has 0 aliphatic heterocycles. The van der Waals surface area contributed by atoms with Gasteiger partial charge < -0.3 is 19.2 Å². The van der Waals surface area contributed by atoms with E-state index in [-0.39, 0.29) is 17.6 Å². The van der Waals surface area contributed by atoms with Gasteiger partial charge in [-0.15, -0.1) is 10.2 Å². The molecule has 0 aliphatic carbocycles. The second-order valence-corrected chi connectivity index (χ2v) is 8.60. The molecule has 9 heteroatoms. The fourth-order valence-corrected chi connectivity index (χ4v) is 4.25. The van der Waals surface area contributed by atoms with E-state index in [2.05, 4.69) is 15.5 Å². The molecule has 0 unspecified atom stereocenters. The van der Waals surface area contributed by atoms with Gasteiger partial charge in [-0.2, -0.15) is 0 Å². The molecule has 2 amide bonds. The molecule has 4 rings (SSSR count). The Morgan fingerprint density at radius 2 is 1.91 bits per heavy atom. The van der Waals surface area contributed by atoms with Crippen molar-refractivity contribution < 1.29 is 14.0 Å². The minimum Gasteiger partial charge on any atom is -0.461 e. The number of hydrogen-bond donors (Lipinski definition) is 1. The number of aromatic nitrogens is 3. The SMILES string of the molecule is CCc1oc2ccccc2c1CN(C)C(=O)c1ccc(NC(=O)CSc2nncn2C)cc1. The van der Waals surface area contributed by atoms with Crippen molar-refractivity contribution in [3.8, 4) is 0 Å². The minimum atomic E-state index is -0.155. The van der Waals surface area contributed by atoms with Crippen LogP contribution in [0, 0.1) is 0 Å². The lowest BCUT2D eigenvalue weighted by Gasteiger charge is -2.18. The van der Waals surface area contributed by atoms with Crippen molar-refractivity contribution in [1.29, 1.82) is 0 Å². The Bertz CT molecular complexity index is 1280. The number of hydrogen-bond acceptors (Lipinski definition) is 6. The number of carbonyl (C=O) groups excluding carboxylic acids is 2. The average Bonchev–Trinajstić information content (AvgIpc) is 3.40. The van der Waals surface area contributed by atoms with Crippen LogP contribution in [0.1, 0.15) is 28.6 Å². The molecule has 170 valence electrons. The summed E-state index contributed by atoms with van der Waals surface area (Å²) < 4.78 is 7.70. The molecular formula is C24H25N5O3S. The van der Waals surface area contributed by atoms with Crippen molar-refractivity contribution >= 4 is 40.2 Å². The van der Waals surface area contributed by atoms with Gasteiger partial charge in [0.15, 0.2) is 5.16 Å². The number of para-hydroxylation sites is 1. The van der Waals surface area contributed by atoms with Gasteiger partial charge in [0.25, 0.3) is 5.91 Å². The summed E-state index contributed by atoms with van der Waals surface area (Å²) in [6, 6.07) is 14.8. The van der Waals surface area contributed by atoms with E-state index in [4.69, 9.17) is 4.42 Å². The van der Waals surface area contributed by atoms with E-state index in [9.17, 15) is 9.59 Å². The zero-order valence-electron chi connectivity index (χ0n) is 18.7. The highest BCUT2D eigenvalue weighted by Gasteiger charge is 2.18. The van der Waals surface area contributed by atoms with Gasteiger partial charge in [-0.1, -0.05) is 36.9 Å². The smallest absolute Gasteiger partial charge is 0.253 e. The van der Waals surface area contributed by atoms with Crippen LogP contribution < -0.4 is 5.32 Å². The molecular weight excluding hydrogens is 438 g/mol. The molecule has 1 N–H and O–H groups in total. The third-order valence-electron chi connectivity index (χ3n) is 5.26. The fourth-order valence-electron chi connectivity index (χ4n) is 3.56. The van der Waals surface area contributed by atoms with Crippen LogP contribution >= 0.6 is 11.8 Å². The predicted octanol–water partition coefficient (Wildman–Crippen LogP) is 4.13. The number of furan rings is 1. The van der Waals surface area contributed by atoms with E-state index in [1.54, 1.807) is 47.1 Å². The summed E-state index contributed by atoms with van der Waals surface area (Å²) in [4.78, 5) is 26.9. The number of carbonyl (C=O) groups is 2. The molecule has 2 aromatic heterocycles. The van der Waals surface area contributed by atoms with E-state index in [0.29, 0.717) is 23.0 Å². The highest BCUT2D eigenvalue weighted by atomic mass is 32.2. The maximum atomic E-state index is 13.0. The molecule has 0 bridgehead atoms. The van der Waals surface area contributed by atoms with E-state index >= 15 is 0 Å². The summed E-state index contributed by atoms with van der Waals surface area (Å²) in [5.74, 6) is 0.859. The summed E-state index contributed by atoms with van der Waals surface area (Å²) in [6.07, 6.45) is 2.35. The number of amides is 2. The van der Waals surface area contributed by atoms with Crippen LogP contribution in [0.3, 0.4) is 0 Å². The first kappa shape index (κ1) is 22.6. The van der Waals surface area contributed by atoms with E-state index < -0.39 is 0 Å². The highest BCUT2D eigenvalue weighted by molar-refractivity contribution is 7.99. The second-order valence-electron chi connectivity index (χ2n) is 7.65. The lowest BCUT2D eigenvalue weighted by Crippen LogP contribution is -2.26. The summed E-state index contributed by atoms with van der Waals surface area (Å²) >= 11 is 1.31. The molecule has 0 atom stereocenters. The first-order chi connectivity index (χ1) is 16.0. The van der Waals surface area contributed by atoms with Crippen molar-refractivity contribution in [1.82, 2.24) is 19.7 Å². The van der Waals surface area contributed by atoms with Crippen LogP contribution in [0.2, 0.25) is 0 Å². The Labute approximate surface area is 196 Å². The van der Waals surface area contributed by atoms with E-state index in [0.717, 1.165) is 28.7 Å². The number of aryl methyl sites for hydroxylation is 2. The van der Waals surface area contributed by atoms with E-state index in [1.165, 1.54) is 11.8 Å². The number of benzene rings is 2. The summed E-state index contributed by atoms with van der Waals surface area (Å²) in [6.45, 7) is 2.50. The van der Waals surface area contributed by atoms with E-state index in [1.807, 2.05) is 38.2 Å². The maximum Gasteiger partial charge on any atom is 0.253 e. The van der Waals surface area contributed by atoms with Crippen LogP contribution in [0.15, 0.2) is 64.4 Å². The number of rotatable bonds is 8. The fraction of sp³-hybridized carbons (Fsp3) is 0.250. The Kier molecular flexibility index (Phi) is 6.79. The van der Waals surface area contributed by atoms with Gasteiger partial charge in [0.2, 0.25) is 5.91 Å². The minimum absolute atomic E-state index is 0.0990. The maximum absolute atomic E-state index is 13.0. The molecule has 0 aliphatic rings. The van der Waals surface area contributed by atoms with Crippen LogP contribution in [0.4, 0.5) is 5.69 Å². The number of nitrogens with one attached hydrogen (secondary N) is 1. The first-order valence-corrected chi connectivity index (χ1v) is 11.6. The zero-order valence-corrected chi connectivity index (χ0v) is 19.6. The molecule has 2 heterocycles. The molecule has 0 saturated carbocycles. The topological polar surface area (TPSA) is 93.3 Å². The summed E-state index contributed by atoms with van der Waals surface area (Å²) in [7, 11) is 3.61. The quantitative estimate of drug-likeness (QED) is 0.395. The lowest BCUT2D eigenvalue weighted by atomic mass is 10.1. The Hall–Kier alpha value is -3.59. The normalized spacial score (nSPS) is 11.0. The molecule has 2 aromatic carbocycles. The third kappa shape index (κ3) is 5.09. The van der Waals surface area contributed by atoms with Crippen LogP contribution in [-0.2, 0) is 24.8 Å². The number of thioether (sulfide) groups is 1. The van der Waals surface area contributed by atoms with Gasteiger partial charge in [0.1, 0.15) is 17.7 Å². The van der Waals surface area contributed by atoms with Gasteiger partial charge in [-0.25, -0.2) is 0 Å². The van der Waals surface area contributed by atoms with Gasteiger partial charge in [0, 0.05) is 49.3 Å². The largest absolute Gasteiger partial charge is 0.461 e. The van der Waals surface area contributed by atoms with Gasteiger partial charge in [0.05, 0.1) is 5.75 Å². The van der Waals surface area contributed by atoms with Gasteiger partial charge in [-0.3, -0.25) is 9.59 Å². The Balaban J connectivity index is 1.38. The van der Waals surface area contributed by atoms with Crippen LogP contribution in [-0.4, -0.2) is 44.3 Å². The Morgan fingerprint density at radius 3 is 2.61 bits per heavy atom. The number of anilines is 1. The number of fused-ring (bicyclic) bond motifs is 1. The summed E-state index contributed by atoms with van der Waals surface area (Å²) in [5.41, 5.74) is 3.05. The zero-order chi connectivity index (χ0) is 23.4. The van der Waals surface area contributed by atoms with Crippen molar-refractivity contribution in [3.63, 3.8) is 0 Å². The van der Waals surface area contributed by atoms with Crippen molar-refractivity contribution in [2.45, 2.75) is 25.0 Å². The molecule has 4 aromatic rings. The first-order valence-electron chi connectivity index (χ1n) is 10.6. The van der Waals surface area contributed by atoms with Crippen LogP contribution in [0.5, 0.6) is 0 Å². The van der Waals surface area contributed by atoms with Gasteiger partial charge in [-0.05, 0) is 30.3 Å². The van der Waals surface area contributed by atoms with Crippen LogP contribution in [0.25, 0.3) is 11.0 Å². The molecule has 8 nitrogen and oxygen atoms in total. The van der Waals surface area contributed by atoms with Crippen molar-refractivity contribution in [2.75, 3.05) is 18.1 Å². The average molecular weight is 464 g/mol. The Morgan fingerprint density at radius 1 is 1.15 bits per heavy atom. The molecule has 33 heavy (non-hydrogen) atoms. The lowest BCUT2D eigenvalue weighted by molar-refractivity contribution is -0.113. The van der Waals surface area contributed by atoms with Crippen molar-refractivity contribution in [2.24, 2.45) is 7.05 Å². The van der Waals surface area contributed by atoms with Gasteiger partial charge >= 0.3 is 0 Å². The molecule has 0 saturated heterocycles. The van der Waals surface area contributed by atoms with Crippen molar-refractivity contribution in [3.05, 3.63) is 71.7 Å². The monoisotopic (exact) mass is 463 g/mol. The second kappa shape index (κ2) is 9.91. The standard InChI is InChI=1S/C24H25N5O3S/c1-4-20-19(18-7-5-6-8-21(18)32-20)13-28(2)23(31)16-9-11-17(12-10-16)26-22(30)14-33-24-27-25-15-29(24)3/h5-12,15H,4,13-14H2,1-3H3,(H,26,30). The molecule has 0 radical (unpaired) electrons. The molecule has 0 spiro atoms. The molecule has 0 fully saturated rings. The highest BCUT2D eigenvalue weighted by Crippen LogP contribution is 2.27. The summed E-state index contributed by atoms with van der Waals surface area (Å²) in [5, 5.41) is 12.3. The predicted molar refractivity (Wildman–Crippen MR) is 128 cm³/mol.